The molecule has 1 heterocycles. The van der Waals surface area contributed by atoms with Crippen LogP contribution in [0.25, 0.3) is 11.1 Å². The quantitative estimate of drug-likeness (QED) is 0.868. The van der Waals surface area contributed by atoms with Crippen LogP contribution in [-0.2, 0) is 0 Å². The third kappa shape index (κ3) is 2.50. The third-order valence-electron chi connectivity index (χ3n) is 3.39. The Morgan fingerprint density at radius 2 is 2.00 bits per heavy atom. The van der Waals surface area contributed by atoms with Gasteiger partial charge in [-0.2, -0.15) is 5.10 Å². The van der Waals surface area contributed by atoms with Crippen molar-refractivity contribution < 1.29 is 0 Å². The van der Waals surface area contributed by atoms with Gasteiger partial charge in [0.1, 0.15) is 0 Å². The van der Waals surface area contributed by atoms with E-state index in [0.717, 1.165) is 36.5 Å². The normalized spacial score (nSPS) is 18.7. The average molecular weight is 251 g/mol. The first-order chi connectivity index (χ1) is 9.34. The molecule has 0 bridgehead atoms. The number of allylic oxidation sites excluding steroid dienone is 10. The predicted molar refractivity (Wildman–Crippen MR) is 78.2 cm³/mol. The number of nitrogens with one attached hydrogen (secondary N) is 1. The van der Waals surface area contributed by atoms with Crippen molar-refractivity contribution in [2.45, 2.75) is 26.2 Å². The van der Waals surface area contributed by atoms with Gasteiger partial charge in [-0.3, -0.25) is 5.10 Å². The first-order valence-electron chi connectivity index (χ1n) is 6.68. The Bertz CT molecular complexity index is 624. The first kappa shape index (κ1) is 11.9. The highest BCUT2D eigenvalue weighted by atomic mass is 15.2. The van der Waals surface area contributed by atoms with Crippen molar-refractivity contribution in [1.29, 1.82) is 0 Å². The summed E-state index contributed by atoms with van der Waals surface area (Å²) in [5.41, 5.74) is 3.54. The molecule has 0 amide bonds. The van der Waals surface area contributed by atoms with Crippen LogP contribution in [0.4, 0.5) is 0 Å². The van der Waals surface area contributed by atoms with Crippen LogP contribution in [0, 0.1) is 0 Å². The van der Waals surface area contributed by atoms with Crippen molar-refractivity contribution >= 4 is 11.1 Å². The molecule has 0 aromatic carbocycles. The molecule has 1 aromatic rings. The van der Waals surface area contributed by atoms with Crippen molar-refractivity contribution in [3.8, 4) is 0 Å². The summed E-state index contributed by atoms with van der Waals surface area (Å²) in [4.78, 5) is 4.63. The van der Waals surface area contributed by atoms with Crippen LogP contribution in [-0.4, -0.2) is 15.2 Å². The van der Waals surface area contributed by atoms with Crippen molar-refractivity contribution in [3.05, 3.63) is 59.8 Å². The molecule has 0 atom stereocenters. The Labute approximate surface area is 113 Å². The molecule has 3 rings (SSSR count). The van der Waals surface area contributed by atoms with E-state index >= 15 is 0 Å². The highest BCUT2D eigenvalue weighted by Crippen LogP contribution is 2.26. The van der Waals surface area contributed by atoms with Crippen molar-refractivity contribution in [1.82, 2.24) is 15.2 Å². The number of aromatic amines is 1. The van der Waals surface area contributed by atoms with Gasteiger partial charge in [0.05, 0.1) is 0 Å². The summed E-state index contributed by atoms with van der Waals surface area (Å²) in [6.45, 7) is 2.13. The topological polar surface area (TPSA) is 41.6 Å². The molecule has 2 aliphatic carbocycles. The van der Waals surface area contributed by atoms with E-state index in [9.17, 15) is 0 Å². The van der Waals surface area contributed by atoms with Crippen LogP contribution in [0.15, 0.2) is 48.1 Å². The van der Waals surface area contributed by atoms with Gasteiger partial charge in [0.25, 0.3) is 0 Å². The number of aromatic nitrogens is 3. The van der Waals surface area contributed by atoms with E-state index in [1.54, 1.807) is 0 Å². The maximum Gasteiger partial charge on any atom is 0.181 e. The van der Waals surface area contributed by atoms with Crippen molar-refractivity contribution in [2.75, 3.05) is 0 Å². The van der Waals surface area contributed by atoms with Crippen LogP contribution in [0.3, 0.4) is 0 Å². The second kappa shape index (κ2) is 5.22. The lowest BCUT2D eigenvalue weighted by Gasteiger charge is -2.09. The summed E-state index contributed by atoms with van der Waals surface area (Å²) in [5.74, 6) is 1.64. The van der Waals surface area contributed by atoms with Crippen molar-refractivity contribution in [3.63, 3.8) is 0 Å². The lowest BCUT2D eigenvalue weighted by atomic mass is 9.99. The largest absolute Gasteiger partial charge is 0.259 e. The second-order valence-electron chi connectivity index (χ2n) is 4.77. The SMILES string of the molecule is CC1=CCCC=C1c1nc(C2=CCC=CC=C2)n[nH]1. The average Bonchev–Trinajstić information content (AvgIpc) is 2.75. The van der Waals surface area contributed by atoms with E-state index in [2.05, 4.69) is 52.5 Å². The molecule has 3 heteroatoms. The maximum atomic E-state index is 4.63. The fourth-order valence-corrected chi connectivity index (χ4v) is 2.34. The molecule has 0 spiro atoms. The van der Waals surface area contributed by atoms with Crippen LogP contribution in [0.5, 0.6) is 0 Å². The van der Waals surface area contributed by atoms with Gasteiger partial charge in [-0.25, -0.2) is 4.98 Å². The number of hydrogen-bond acceptors (Lipinski definition) is 2. The monoisotopic (exact) mass is 251 g/mol. The Balaban J connectivity index is 1.90. The van der Waals surface area contributed by atoms with E-state index in [0.29, 0.717) is 0 Å². The van der Waals surface area contributed by atoms with Gasteiger partial charge in [-0.1, -0.05) is 42.5 Å². The molecule has 0 saturated carbocycles. The number of H-pyrrole nitrogens is 1. The fraction of sp³-hybridized carbons (Fsp3) is 0.250. The zero-order valence-electron chi connectivity index (χ0n) is 11.1. The van der Waals surface area contributed by atoms with Gasteiger partial charge in [-0.15, -0.1) is 0 Å². The molecule has 1 N–H and O–H groups in total. The smallest absolute Gasteiger partial charge is 0.181 e. The minimum atomic E-state index is 0.772. The summed E-state index contributed by atoms with van der Waals surface area (Å²) >= 11 is 0. The molecule has 0 unspecified atom stereocenters. The standard InChI is InChI=1S/C16H17N3/c1-12-8-6-7-11-14(12)16-17-15(18-19-16)13-9-4-2-3-5-10-13/h2-4,8-11H,5-7H2,1H3,(H,17,18,19). The van der Waals surface area contributed by atoms with Crippen molar-refractivity contribution in [2.24, 2.45) is 0 Å². The zero-order chi connectivity index (χ0) is 13.1. The molecule has 0 fully saturated rings. The van der Waals surface area contributed by atoms with E-state index in [1.165, 1.54) is 11.1 Å². The molecule has 0 radical (unpaired) electrons. The highest BCUT2D eigenvalue weighted by molar-refractivity contribution is 5.77. The van der Waals surface area contributed by atoms with E-state index in [4.69, 9.17) is 0 Å². The Morgan fingerprint density at radius 3 is 2.89 bits per heavy atom. The summed E-state index contributed by atoms with van der Waals surface area (Å²) in [6, 6.07) is 0. The first-order valence-corrected chi connectivity index (χ1v) is 6.68. The molecule has 96 valence electrons. The van der Waals surface area contributed by atoms with Crippen LogP contribution < -0.4 is 0 Å². The van der Waals surface area contributed by atoms with Gasteiger partial charge in [0, 0.05) is 11.1 Å². The minimum absolute atomic E-state index is 0.772. The third-order valence-corrected chi connectivity index (χ3v) is 3.39. The molecule has 0 saturated heterocycles. The molecule has 3 nitrogen and oxygen atoms in total. The molecule has 19 heavy (non-hydrogen) atoms. The number of rotatable bonds is 2. The van der Waals surface area contributed by atoms with Gasteiger partial charge in [0.2, 0.25) is 0 Å². The van der Waals surface area contributed by atoms with Crippen LogP contribution in [0.1, 0.15) is 37.8 Å². The lowest BCUT2D eigenvalue weighted by Crippen LogP contribution is -1.94. The van der Waals surface area contributed by atoms with Gasteiger partial charge in [0.15, 0.2) is 11.6 Å². The minimum Gasteiger partial charge on any atom is -0.259 e. The Morgan fingerprint density at radius 1 is 1.11 bits per heavy atom. The lowest BCUT2D eigenvalue weighted by molar-refractivity contribution is 1.00. The molecule has 2 aliphatic rings. The fourth-order valence-electron chi connectivity index (χ4n) is 2.34. The second-order valence-corrected chi connectivity index (χ2v) is 4.77. The van der Waals surface area contributed by atoms with Crippen LogP contribution >= 0.6 is 0 Å². The van der Waals surface area contributed by atoms with Gasteiger partial charge < -0.3 is 0 Å². The highest BCUT2D eigenvalue weighted by Gasteiger charge is 2.13. The van der Waals surface area contributed by atoms with E-state index in [-0.39, 0.29) is 0 Å². The Hall–Kier alpha value is -2.16. The summed E-state index contributed by atoms with van der Waals surface area (Å²) in [7, 11) is 0. The van der Waals surface area contributed by atoms with Gasteiger partial charge in [-0.05, 0) is 31.8 Å². The number of nitrogens with zero attached hydrogens (tertiary/aromatic N) is 2. The van der Waals surface area contributed by atoms with E-state index in [1.807, 2.05) is 12.2 Å². The molecule has 1 aromatic heterocycles. The number of hydrogen-bond donors (Lipinski definition) is 1. The predicted octanol–water partition coefficient (Wildman–Crippen LogP) is 3.83. The van der Waals surface area contributed by atoms with Crippen LogP contribution in [0.2, 0.25) is 0 Å². The molecule has 0 aliphatic heterocycles. The molecular weight excluding hydrogens is 234 g/mol. The summed E-state index contributed by atoms with van der Waals surface area (Å²) < 4.78 is 0. The summed E-state index contributed by atoms with van der Waals surface area (Å²) in [5, 5.41) is 7.40. The maximum absolute atomic E-state index is 4.63. The Kier molecular flexibility index (Phi) is 3.27. The zero-order valence-corrected chi connectivity index (χ0v) is 11.1. The van der Waals surface area contributed by atoms with E-state index < -0.39 is 0 Å². The van der Waals surface area contributed by atoms with Gasteiger partial charge >= 0.3 is 0 Å². The summed E-state index contributed by atoms with van der Waals surface area (Å²) in [6.07, 6.45) is 18.0. The molecular formula is C16H17N3.